The number of amides is 2. The van der Waals surface area contributed by atoms with E-state index in [-0.39, 0.29) is 24.0 Å². The van der Waals surface area contributed by atoms with Crippen molar-refractivity contribution >= 4 is 23.2 Å². The Hall–Kier alpha value is -3.02. The Balaban J connectivity index is 1.82. The van der Waals surface area contributed by atoms with Crippen LogP contribution in [0.3, 0.4) is 0 Å². The maximum absolute atomic E-state index is 12.6. The quantitative estimate of drug-likeness (QED) is 0.826. The summed E-state index contributed by atoms with van der Waals surface area (Å²) in [6, 6.07) is 12.7. The van der Waals surface area contributed by atoms with Crippen molar-refractivity contribution in [1.29, 1.82) is 0 Å². The van der Waals surface area contributed by atoms with E-state index < -0.39 is 6.04 Å². The van der Waals surface area contributed by atoms with E-state index >= 15 is 0 Å². The van der Waals surface area contributed by atoms with E-state index in [9.17, 15) is 14.7 Å². The number of rotatable bonds is 5. The summed E-state index contributed by atoms with van der Waals surface area (Å²) in [7, 11) is 0. The molecule has 0 spiro atoms. The summed E-state index contributed by atoms with van der Waals surface area (Å²) in [6.45, 7) is 2.39. The van der Waals surface area contributed by atoms with Gasteiger partial charge in [-0.25, -0.2) is 4.90 Å². The summed E-state index contributed by atoms with van der Waals surface area (Å²) in [4.78, 5) is 26.0. The number of nitrogens with one attached hydrogen (secondary N) is 1. The highest BCUT2D eigenvalue weighted by Crippen LogP contribution is 2.30. The highest BCUT2D eigenvalue weighted by Gasteiger charge is 2.39. The molecule has 2 aromatic carbocycles. The summed E-state index contributed by atoms with van der Waals surface area (Å²) in [5, 5.41) is 12.7. The van der Waals surface area contributed by atoms with E-state index in [2.05, 4.69) is 5.32 Å². The second-order valence-electron chi connectivity index (χ2n) is 5.42. The van der Waals surface area contributed by atoms with Crippen molar-refractivity contribution in [3.05, 3.63) is 48.5 Å². The van der Waals surface area contributed by atoms with E-state index in [4.69, 9.17) is 4.74 Å². The van der Waals surface area contributed by atoms with Crippen LogP contribution in [0.2, 0.25) is 0 Å². The number of hydrogen-bond acceptors (Lipinski definition) is 5. The summed E-state index contributed by atoms with van der Waals surface area (Å²) in [6.07, 6.45) is 0.0505. The van der Waals surface area contributed by atoms with Crippen LogP contribution < -0.4 is 15.0 Å². The van der Waals surface area contributed by atoms with Gasteiger partial charge in [0.15, 0.2) is 0 Å². The van der Waals surface area contributed by atoms with Crippen molar-refractivity contribution in [1.82, 2.24) is 0 Å². The zero-order valence-corrected chi connectivity index (χ0v) is 13.2. The van der Waals surface area contributed by atoms with Crippen molar-refractivity contribution in [2.45, 2.75) is 19.4 Å². The van der Waals surface area contributed by atoms with Crippen LogP contribution in [0.25, 0.3) is 0 Å². The Morgan fingerprint density at radius 2 is 2.00 bits per heavy atom. The number of phenolic OH excluding ortho intramolecular Hbond substituents is 1. The van der Waals surface area contributed by atoms with Gasteiger partial charge in [0, 0.05) is 6.07 Å². The summed E-state index contributed by atoms with van der Waals surface area (Å²) in [5.74, 6) is -0.0175. The van der Waals surface area contributed by atoms with Crippen molar-refractivity contribution in [3.63, 3.8) is 0 Å². The molecular formula is C18H18N2O4. The molecule has 124 valence electrons. The van der Waals surface area contributed by atoms with Crippen LogP contribution in [-0.2, 0) is 9.59 Å². The molecule has 1 aliphatic rings. The average molecular weight is 326 g/mol. The molecule has 2 amide bonds. The third-order valence-corrected chi connectivity index (χ3v) is 3.75. The van der Waals surface area contributed by atoms with Gasteiger partial charge in [0.25, 0.3) is 5.91 Å². The summed E-state index contributed by atoms with van der Waals surface area (Å²) in [5.41, 5.74) is 1.04. The molecule has 1 aliphatic heterocycles. The second kappa shape index (κ2) is 6.62. The standard InChI is InChI=1S/C18H18N2O4/c1-2-24-16-9-4-3-8-14(16)19-15-11-17(22)20(18(15)23)12-6-5-7-13(21)10-12/h3-10,15,19,21H,2,11H2,1H3. The smallest absolute Gasteiger partial charge is 0.256 e. The molecule has 24 heavy (non-hydrogen) atoms. The largest absolute Gasteiger partial charge is 0.508 e. The molecule has 1 saturated heterocycles. The topological polar surface area (TPSA) is 78.9 Å². The zero-order chi connectivity index (χ0) is 17.1. The number of phenols is 1. The first-order valence-electron chi connectivity index (χ1n) is 7.74. The molecule has 2 aromatic rings. The van der Waals surface area contributed by atoms with Crippen LogP contribution in [0.1, 0.15) is 13.3 Å². The molecule has 1 fully saturated rings. The lowest BCUT2D eigenvalue weighted by atomic mass is 10.2. The Bertz CT molecular complexity index is 775. The Labute approximate surface area is 139 Å². The van der Waals surface area contributed by atoms with Crippen LogP contribution in [0.4, 0.5) is 11.4 Å². The fraction of sp³-hybridized carbons (Fsp3) is 0.222. The van der Waals surface area contributed by atoms with Gasteiger partial charge >= 0.3 is 0 Å². The minimum absolute atomic E-state index is 0.00574. The third kappa shape index (κ3) is 3.03. The Morgan fingerprint density at radius 1 is 1.21 bits per heavy atom. The predicted octanol–water partition coefficient (Wildman–Crippen LogP) is 2.53. The molecule has 0 bridgehead atoms. The van der Waals surface area contributed by atoms with Crippen LogP contribution in [0.15, 0.2) is 48.5 Å². The van der Waals surface area contributed by atoms with Crippen LogP contribution in [-0.4, -0.2) is 29.6 Å². The molecular weight excluding hydrogens is 308 g/mol. The van der Waals surface area contributed by atoms with Crippen LogP contribution in [0, 0.1) is 0 Å². The van der Waals surface area contributed by atoms with E-state index in [1.54, 1.807) is 24.3 Å². The van der Waals surface area contributed by atoms with Gasteiger partial charge in [-0.2, -0.15) is 0 Å². The second-order valence-corrected chi connectivity index (χ2v) is 5.42. The Kier molecular flexibility index (Phi) is 4.37. The number of carbonyl (C=O) groups excluding carboxylic acids is 2. The zero-order valence-electron chi connectivity index (χ0n) is 13.2. The number of carbonyl (C=O) groups is 2. The maximum Gasteiger partial charge on any atom is 0.256 e. The van der Waals surface area contributed by atoms with Crippen molar-refractivity contribution in [3.8, 4) is 11.5 Å². The first-order chi connectivity index (χ1) is 11.6. The highest BCUT2D eigenvalue weighted by atomic mass is 16.5. The SMILES string of the molecule is CCOc1ccccc1NC1CC(=O)N(c2cccc(O)c2)C1=O. The highest BCUT2D eigenvalue weighted by molar-refractivity contribution is 6.23. The number of para-hydroxylation sites is 2. The monoisotopic (exact) mass is 326 g/mol. The first kappa shape index (κ1) is 15.9. The van der Waals surface area contributed by atoms with Crippen molar-refractivity contribution in [2.75, 3.05) is 16.8 Å². The fourth-order valence-corrected chi connectivity index (χ4v) is 2.70. The number of benzene rings is 2. The lowest BCUT2D eigenvalue weighted by molar-refractivity contribution is -0.121. The molecule has 0 aromatic heterocycles. The maximum atomic E-state index is 12.6. The third-order valence-electron chi connectivity index (χ3n) is 3.75. The van der Waals surface area contributed by atoms with Gasteiger partial charge in [-0.15, -0.1) is 0 Å². The van der Waals surface area contributed by atoms with Crippen molar-refractivity contribution < 1.29 is 19.4 Å². The van der Waals surface area contributed by atoms with Gasteiger partial charge < -0.3 is 15.2 Å². The molecule has 0 radical (unpaired) electrons. The average Bonchev–Trinajstić information content (AvgIpc) is 2.83. The van der Waals surface area contributed by atoms with E-state index in [0.29, 0.717) is 23.7 Å². The molecule has 2 N–H and O–H groups in total. The van der Waals surface area contributed by atoms with Gasteiger partial charge in [-0.1, -0.05) is 18.2 Å². The predicted molar refractivity (Wildman–Crippen MR) is 90.2 cm³/mol. The number of aromatic hydroxyl groups is 1. The first-order valence-corrected chi connectivity index (χ1v) is 7.74. The van der Waals surface area contributed by atoms with Gasteiger partial charge in [0.05, 0.1) is 24.4 Å². The van der Waals surface area contributed by atoms with Crippen LogP contribution in [0.5, 0.6) is 11.5 Å². The molecule has 6 nitrogen and oxygen atoms in total. The normalized spacial score (nSPS) is 17.2. The molecule has 0 aliphatic carbocycles. The molecule has 1 unspecified atom stereocenters. The lowest BCUT2D eigenvalue weighted by Gasteiger charge is -2.17. The van der Waals surface area contributed by atoms with Crippen molar-refractivity contribution in [2.24, 2.45) is 0 Å². The minimum atomic E-state index is -0.665. The minimum Gasteiger partial charge on any atom is -0.508 e. The van der Waals surface area contributed by atoms with Gasteiger partial charge in [-0.05, 0) is 31.2 Å². The summed E-state index contributed by atoms with van der Waals surface area (Å²) < 4.78 is 5.53. The fourth-order valence-electron chi connectivity index (χ4n) is 2.70. The van der Waals surface area contributed by atoms with E-state index in [1.165, 1.54) is 12.1 Å². The number of ether oxygens (including phenoxy) is 1. The molecule has 1 heterocycles. The summed E-state index contributed by atoms with van der Waals surface area (Å²) >= 11 is 0. The number of imide groups is 1. The van der Waals surface area contributed by atoms with Gasteiger partial charge in [0.1, 0.15) is 17.5 Å². The van der Waals surface area contributed by atoms with E-state index in [1.807, 2.05) is 19.1 Å². The molecule has 3 rings (SSSR count). The van der Waals surface area contributed by atoms with Gasteiger partial charge in [0.2, 0.25) is 5.91 Å². The lowest BCUT2D eigenvalue weighted by Crippen LogP contribution is -2.34. The van der Waals surface area contributed by atoms with Gasteiger partial charge in [-0.3, -0.25) is 9.59 Å². The molecule has 1 atom stereocenters. The number of anilines is 2. The molecule has 6 heteroatoms. The Morgan fingerprint density at radius 3 is 2.75 bits per heavy atom. The number of hydrogen-bond donors (Lipinski definition) is 2. The molecule has 0 saturated carbocycles. The van der Waals surface area contributed by atoms with Crippen LogP contribution >= 0.6 is 0 Å². The van der Waals surface area contributed by atoms with E-state index in [0.717, 1.165) is 4.90 Å². The number of nitrogens with zero attached hydrogens (tertiary/aromatic N) is 1.